The Bertz CT molecular complexity index is 1150. The van der Waals surface area contributed by atoms with Crippen molar-refractivity contribution in [1.29, 1.82) is 0 Å². The average Bonchev–Trinajstić information content (AvgIpc) is 3.31. The number of aromatic nitrogens is 1. The van der Waals surface area contributed by atoms with Gasteiger partial charge in [0.05, 0.1) is 7.11 Å². The fourth-order valence-corrected chi connectivity index (χ4v) is 3.93. The van der Waals surface area contributed by atoms with Crippen molar-refractivity contribution in [2.45, 2.75) is 19.4 Å². The number of methoxy groups -OCH3 is 1. The van der Waals surface area contributed by atoms with Gasteiger partial charge in [0.15, 0.2) is 0 Å². The van der Waals surface area contributed by atoms with Crippen LogP contribution in [0.2, 0.25) is 0 Å². The molecule has 1 aliphatic rings. The van der Waals surface area contributed by atoms with Gasteiger partial charge in [-0.1, -0.05) is 18.2 Å². The van der Waals surface area contributed by atoms with Crippen molar-refractivity contribution >= 4 is 34.3 Å². The minimum absolute atomic E-state index is 0.238. The lowest BCUT2D eigenvalue weighted by molar-refractivity contribution is -0.140. The van der Waals surface area contributed by atoms with E-state index >= 15 is 0 Å². The predicted octanol–water partition coefficient (Wildman–Crippen LogP) is 2.06. The summed E-state index contributed by atoms with van der Waals surface area (Å²) < 4.78 is 5.27. The van der Waals surface area contributed by atoms with E-state index in [0.717, 1.165) is 27.9 Å². The summed E-state index contributed by atoms with van der Waals surface area (Å²) in [5.74, 6) is -1.08. The van der Waals surface area contributed by atoms with Gasteiger partial charge in [-0.3, -0.25) is 14.4 Å². The molecule has 0 bridgehead atoms. The van der Waals surface area contributed by atoms with Crippen LogP contribution >= 0.6 is 0 Å². The monoisotopic (exact) mass is 420 g/mol. The highest BCUT2D eigenvalue weighted by Crippen LogP contribution is 2.35. The second-order valence-corrected chi connectivity index (χ2v) is 7.28. The summed E-state index contributed by atoms with van der Waals surface area (Å²) in [4.78, 5) is 42.2. The number of carbonyl (C=O) groups excluding carboxylic acids is 3. The van der Waals surface area contributed by atoms with Crippen LogP contribution in [0.5, 0.6) is 5.75 Å². The normalized spacial score (nSPS) is 15.1. The van der Waals surface area contributed by atoms with E-state index in [4.69, 9.17) is 4.74 Å². The van der Waals surface area contributed by atoms with E-state index in [0.29, 0.717) is 18.5 Å². The van der Waals surface area contributed by atoms with Gasteiger partial charge < -0.3 is 25.3 Å². The predicted molar refractivity (Wildman–Crippen MR) is 117 cm³/mol. The van der Waals surface area contributed by atoms with Gasteiger partial charge in [0.2, 0.25) is 0 Å². The Morgan fingerprint density at radius 2 is 1.97 bits per heavy atom. The van der Waals surface area contributed by atoms with Gasteiger partial charge in [-0.15, -0.1) is 0 Å². The molecule has 31 heavy (non-hydrogen) atoms. The molecule has 8 nitrogen and oxygen atoms in total. The molecule has 0 saturated heterocycles. The van der Waals surface area contributed by atoms with Crippen molar-refractivity contribution in [2.75, 3.05) is 25.1 Å². The summed E-state index contributed by atoms with van der Waals surface area (Å²) in [6.45, 7) is 2.64. The van der Waals surface area contributed by atoms with E-state index < -0.39 is 17.9 Å². The highest BCUT2D eigenvalue weighted by molar-refractivity contribution is 6.35. The first kappa shape index (κ1) is 20.5. The molecule has 0 unspecified atom stereocenters. The second-order valence-electron chi connectivity index (χ2n) is 7.28. The summed E-state index contributed by atoms with van der Waals surface area (Å²) in [7, 11) is 1.61. The van der Waals surface area contributed by atoms with E-state index in [1.165, 1.54) is 0 Å². The topological polar surface area (TPSA) is 104 Å². The number of nitrogens with one attached hydrogen (secondary N) is 3. The molecule has 0 saturated carbocycles. The SMILES string of the molecule is CCN1C(=O)[C@H](NC(=O)C(=O)NCCc2c[nH]c3ccc(OC)cc23)c2ccccc21. The van der Waals surface area contributed by atoms with Crippen LogP contribution in [-0.2, 0) is 20.8 Å². The molecule has 3 aromatic rings. The largest absolute Gasteiger partial charge is 0.497 e. The summed E-state index contributed by atoms with van der Waals surface area (Å²) in [5.41, 5.74) is 3.44. The van der Waals surface area contributed by atoms with Crippen molar-refractivity contribution in [3.8, 4) is 5.75 Å². The number of hydrogen-bond donors (Lipinski definition) is 3. The highest BCUT2D eigenvalue weighted by Gasteiger charge is 2.37. The summed E-state index contributed by atoms with van der Waals surface area (Å²) in [6, 6.07) is 12.1. The van der Waals surface area contributed by atoms with Crippen molar-refractivity contribution in [3.63, 3.8) is 0 Å². The molecular weight excluding hydrogens is 396 g/mol. The zero-order valence-electron chi connectivity index (χ0n) is 17.4. The van der Waals surface area contributed by atoms with E-state index in [1.807, 2.05) is 43.5 Å². The average molecular weight is 420 g/mol. The minimum atomic E-state index is -0.851. The van der Waals surface area contributed by atoms with Crippen molar-refractivity contribution in [2.24, 2.45) is 0 Å². The van der Waals surface area contributed by atoms with E-state index in [9.17, 15) is 14.4 Å². The lowest BCUT2D eigenvalue weighted by Crippen LogP contribution is -2.44. The maximum atomic E-state index is 12.7. The first-order chi connectivity index (χ1) is 15.0. The van der Waals surface area contributed by atoms with Gasteiger partial charge in [0.25, 0.3) is 5.91 Å². The smallest absolute Gasteiger partial charge is 0.310 e. The molecule has 8 heteroatoms. The zero-order valence-corrected chi connectivity index (χ0v) is 17.4. The van der Waals surface area contributed by atoms with Crippen LogP contribution in [0, 0.1) is 0 Å². The number of amides is 3. The third kappa shape index (κ3) is 3.84. The second kappa shape index (κ2) is 8.51. The lowest BCUT2D eigenvalue weighted by Gasteiger charge is -2.15. The Hall–Kier alpha value is -3.81. The lowest BCUT2D eigenvalue weighted by atomic mass is 10.1. The first-order valence-corrected chi connectivity index (χ1v) is 10.2. The van der Waals surface area contributed by atoms with Gasteiger partial charge in [0, 0.05) is 41.4 Å². The van der Waals surface area contributed by atoms with Crippen LogP contribution in [-0.4, -0.2) is 42.9 Å². The van der Waals surface area contributed by atoms with Crippen LogP contribution in [0.3, 0.4) is 0 Å². The molecule has 1 atom stereocenters. The van der Waals surface area contributed by atoms with Gasteiger partial charge in [-0.2, -0.15) is 0 Å². The molecule has 1 aliphatic heterocycles. The highest BCUT2D eigenvalue weighted by atomic mass is 16.5. The fraction of sp³-hybridized carbons (Fsp3) is 0.261. The number of nitrogens with zero attached hydrogens (tertiary/aromatic N) is 1. The summed E-state index contributed by atoms with van der Waals surface area (Å²) in [6.07, 6.45) is 2.42. The molecule has 0 radical (unpaired) electrons. The molecule has 2 heterocycles. The summed E-state index contributed by atoms with van der Waals surface area (Å²) >= 11 is 0. The van der Waals surface area contributed by atoms with Crippen LogP contribution in [0.1, 0.15) is 24.1 Å². The van der Waals surface area contributed by atoms with Crippen molar-refractivity contribution in [1.82, 2.24) is 15.6 Å². The minimum Gasteiger partial charge on any atom is -0.497 e. The van der Waals surface area contributed by atoms with Gasteiger partial charge in [-0.25, -0.2) is 0 Å². The van der Waals surface area contributed by atoms with Gasteiger partial charge in [-0.05, 0) is 43.2 Å². The number of rotatable bonds is 6. The van der Waals surface area contributed by atoms with E-state index in [-0.39, 0.29) is 12.5 Å². The Balaban J connectivity index is 1.37. The quantitative estimate of drug-likeness (QED) is 0.531. The Morgan fingerprint density at radius 3 is 2.74 bits per heavy atom. The number of likely N-dealkylation sites (N-methyl/N-ethyl adjacent to an activating group) is 1. The van der Waals surface area contributed by atoms with Gasteiger partial charge in [0.1, 0.15) is 11.8 Å². The number of benzene rings is 2. The van der Waals surface area contributed by atoms with Gasteiger partial charge >= 0.3 is 11.8 Å². The van der Waals surface area contributed by atoms with Crippen molar-refractivity contribution < 1.29 is 19.1 Å². The maximum Gasteiger partial charge on any atom is 0.310 e. The van der Waals surface area contributed by atoms with E-state index in [1.54, 1.807) is 24.1 Å². The van der Waals surface area contributed by atoms with Crippen LogP contribution in [0.4, 0.5) is 5.69 Å². The molecule has 160 valence electrons. The Morgan fingerprint density at radius 1 is 1.16 bits per heavy atom. The number of carbonyl (C=O) groups is 3. The van der Waals surface area contributed by atoms with Crippen LogP contribution in [0.15, 0.2) is 48.7 Å². The number of H-pyrrole nitrogens is 1. The number of anilines is 1. The first-order valence-electron chi connectivity index (χ1n) is 10.2. The molecule has 0 aliphatic carbocycles. The summed E-state index contributed by atoms with van der Waals surface area (Å²) in [5, 5.41) is 6.21. The molecule has 0 fully saturated rings. The Labute approximate surface area is 179 Å². The third-order valence-corrected chi connectivity index (χ3v) is 5.50. The number of fused-ring (bicyclic) bond motifs is 2. The molecule has 4 rings (SSSR count). The molecule has 2 aromatic carbocycles. The number of ether oxygens (including phenoxy) is 1. The fourth-order valence-electron chi connectivity index (χ4n) is 3.93. The maximum absolute atomic E-state index is 12.7. The van der Waals surface area contributed by atoms with Crippen molar-refractivity contribution in [3.05, 3.63) is 59.8 Å². The van der Waals surface area contributed by atoms with E-state index in [2.05, 4.69) is 15.6 Å². The van der Waals surface area contributed by atoms with Crippen LogP contribution in [0.25, 0.3) is 10.9 Å². The molecule has 3 amide bonds. The number of aromatic amines is 1. The number of para-hydroxylation sites is 1. The van der Waals surface area contributed by atoms with Crippen LogP contribution < -0.4 is 20.3 Å². The Kier molecular flexibility index (Phi) is 5.62. The standard InChI is InChI=1S/C23H24N4O4/c1-3-27-19-7-5-4-6-16(19)20(23(27)30)26-22(29)21(28)24-11-10-14-13-25-18-9-8-15(31-2)12-17(14)18/h4-9,12-13,20,25H,3,10-11H2,1-2H3,(H,24,28)(H,26,29)/t20-/m1/s1. The molecule has 1 aromatic heterocycles. The third-order valence-electron chi connectivity index (χ3n) is 5.50. The molecular formula is C23H24N4O4. The number of hydrogen-bond acceptors (Lipinski definition) is 4. The molecule has 0 spiro atoms. The molecule has 3 N–H and O–H groups in total. The zero-order chi connectivity index (χ0) is 22.0.